The van der Waals surface area contributed by atoms with Crippen molar-refractivity contribution in [1.82, 2.24) is 29.2 Å². The van der Waals surface area contributed by atoms with Crippen LogP contribution in [-0.4, -0.2) is 35.8 Å². The largest absolute Gasteiger partial charge is 0.328 e. The molecule has 0 fully saturated rings. The topological polar surface area (TPSA) is 51.8 Å². The van der Waals surface area contributed by atoms with E-state index in [0.717, 1.165) is 32.0 Å². The molecule has 0 N–H and O–H groups in total. The zero-order valence-corrected chi connectivity index (χ0v) is 13.2. The number of aromatic nitrogens is 5. The van der Waals surface area contributed by atoms with Crippen LogP contribution in [0.2, 0.25) is 0 Å². The SMILES string of the molecule is CC1c2ncc(Cn3cccn3)n2CCN1Cc1ccncc1. The highest BCUT2D eigenvalue weighted by Crippen LogP contribution is 2.26. The molecule has 0 radical (unpaired) electrons. The van der Waals surface area contributed by atoms with E-state index in [1.165, 1.54) is 11.3 Å². The van der Waals surface area contributed by atoms with Gasteiger partial charge in [0.25, 0.3) is 0 Å². The Labute approximate surface area is 135 Å². The number of nitrogens with zero attached hydrogens (tertiary/aromatic N) is 6. The number of pyridine rings is 1. The third-order valence-electron chi connectivity index (χ3n) is 4.52. The Hall–Kier alpha value is -2.47. The van der Waals surface area contributed by atoms with Crippen LogP contribution in [0.25, 0.3) is 0 Å². The summed E-state index contributed by atoms with van der Waals surface area (Å²) in [5.74, 6) is 1.15. The maximum Gasteiger partial charge on any atom is 0.126 e. The van der Waals surface area contributed by atoms with E-state index < -0.39 is 0 Å². The highest BCUT2D eigenvalue weighted by atomic mass is 15.3. The van der Waals surface area contributed by atoms with Gasteiger partial charge in [-0.15, -0.1) is 0 Å². The molecule has 0 aromatic carbocycles. The van der Waals surface area contributed by atoms with E-state index in [-0.39, 0.29) is 0 Å². The van der Waals surface area contributed by atoms with Gasteiger partial charge >= 0.3 is 0 Å². The van der Waals surface area contributed by atoms with Gasteiger partial charge in [-0.2, -0.15) is 5.10 Å². The minimum atomic E-state index is 0.309. The fourth-order valence-corrected chi connectivity index (χ4v) is 3.23. The number of hydrogen-bond acceptors (Lipinski definition) is 4. The number of rotatable bonds is 4. The molecule has 0 spiro atoms. The third kappa shape index (κ3) is 2.77. The van der Waals surface area contributed by atoms with Crippen molar-refractivity contribution in [1.29, 1.82) is 0 Å². The Balaban J connectivity index is 1.53. The monoisotopic (exact) mass is 308 g/mol. The van der Waals surface area contributed by atoms with E-state index >= 15 is 0 Å². The predicted octanol–water partition coefficient (Wildman–Crippen LogP) is 2.10. The first kappa shape index (κ1) is 14.1. The lowest BCUT2D eigenvalue weighted by molar-refractivity contribution is 0.155. The van der Waals surface area contributed by atoms with Gasteiger partial charge in [0, 0.05) is 44.4 Å². The molecule has 0 bridgehead atoms. The molecule has 0 saturated carbocycles. The van der Waals surface area contributed by atoms with Crippen molar-refractivity contribution < 1.29 is 0 Å². The molecule has 4 rings (SSSR count). The molecular weight excluding hydrogens is 288 g/mol. The zero-order chi connectivity index (χ0) is 15.6. The van der Waals surface area contributed by atoms with Gasteiger partial charge in [0.15, 0.2) is 0 Å². The lowest BCUT2D eigenvalue weighted by atomic mass is 10.1. The molecule has 1 unspecified atom stereocenters. The second kappa shape index (κ2) is 5.96. The van der Waals surface area contributed by atoms with E-state index in [1.54, 1.807) is 0 Å². The van der Waals surface area contributed by atoms with E-state index in [1.807, 2.05) is 41.7 Å². The van der Waals surface area contributed by atoms with Gasteiger partial charge < -0.3 is 4.57 Å². The minimum Gasteiger partial charge on any atom is -0.328 e. The molecular formula is C17H20N6. The average Bonchev–Trinajstić information content (AvgIpc) is 3.22. The summed E-state index contributed by atoms with van der Waals surface area (Å²) in [4.78, 5) is 11.2. The van der Waals surface area contributed by atoms with Crippen molar-refractivity contribution in [2.75, 3.05) is 6.54 Å². The van der Waals surface area contributed by atoms with Crippen LogP contribution in [0.1, 0.15) is 30.0 Å². The third-order valence-corrected chi connectivity index (χ3v) is 4.52. The van der Waals surface area contributed by atoms with Crippen LogP contribution >= 0.6 is 0 Å². The quantitative estimate of drug-likeness (QED) is 0.740. The van der Waals surface area contributed by atoms with Gasteiger partial charge in [-0.1, -0.05) is 0 Å². The van der Waals surface area contributed by atoms with E-state index in [4.69, 9.17) is 0 Å². The fourth-order valence-electron chi connectivity index (χ4n) is 3.23. The summed E-state index contributed by atoms with van der Waals surface area (Å²) in [6.45, 7) is 5.94. The summed E-state index contributed by atoms with van der Waals surface area (Å²) in [6.07, 6.45) is 9.50. The van der Waals surface area contributed by atoms with Crippen molar-refractivity contribution in [2.45, 2.75) is 32.6 Å². The fraction of sp³-hybridized carbons (Fsp3) is 0.353. The Kier molecular flexibility index (Phi) is 3.67. The number of fused-ring (bicyclic) bond motifs is 1. The van der Waals surface area contributed by atoms with Gasteiger partial charge in [0.05, 0.1) is 24.5 Å². The molecule has 3 aromatic heterocycles. The van der Waals surface area contributed by atoms with Crippen LogP contribution < -0.4 is 0 Å². The molecule has 6 nitrogen and oxygen atoms in total. The first-order valence-corrected chi connectivity index (χ1v) is 7.96. The summed E-state index contributed by atoms with van der Waals surface area (Å²) in [7, 11) is 0. The smallest absolute Gasteiger partial charge is 0.126 e. The summed E-state index contributed by atoms with van der Waals surface area (Å²) >= 11 is 0. The van der Waals surface area contributed by atoms with Gasteiger partial charge in [-0.05, 0) is 30.7 Å². The second-order valence-corrected chi connectivity index (χ2v) is 5.96. The molecule has 1 atom stereocenters. The van der Waals surface area contributed by atoms with Crippen LogP contribution in [-0.2, 0) is 19.6 Å². The van der Waals surface area contributed by atoms with Crippen LogP contribution in [0.3, 0.4) is 0 Å². The van der Waals surface area contributed by atoms with Crippen LogP contribution in [0.15, 0.2) is 49.2 Å². The standard InChI is InChI=1S/C17H20N6/c1-14-17-19-11-16(13-22-8-2-5-20-22)23(17)10-9-21(14)12-15-3-6-18-7-4-15/h2-8,11,14H,9-10,12-13H2,1H3. The molecule has 4 heterocycles. The normalized spacial score (nSPS) is 18.0. The molecule has 0 aliphatic carbocycles. The predicted molar refractivity (Wildman–Crippen MR) is 86.6 cm³/mol. The first-order valence-electron chi connectivity index (χ1n) is 7.96. The van der Waals surface area contributed by atoms with Crippen molar-refractivity contribution in [3.8, 4) is 0 Å². The van der Waals surface area contributed by atoms with Crippen molar-refractivity contribution in [2.24, 2.45) is 0 Å². The van der Waals surface area contributed by atoms with Gasteiger partial charge in [0.2, 0.25) is 0 Å². The molecule has 6 heteroatoms. The van der Waals surface area contributed by atoms with Crippen LogP contribution in [0.4, 0.5) is 0 Å². The number of imidazole rings is 1. The Morgan fingerprint density at radius 3 is 2.78 bits per heavy atom. The lowest BCUT2D eigenvalue weighted by Crippen LogP contribution is -2.37. The van der Waals surface area contributed by atoms with Gasteiger partial charge in [-0.25, -0.2) is 4.98 Å². The minimum absolute atomic E-state index is 0.309. The Morgan fingerprint density at radius 1 is 1.13 bits per heavy atom. The van der Waals surface area contributed by atoms with Crippen LogP contribution in [0, 0.1) is 0 Å². The second-order valence-electron chi connectivity index (χ2n) is 5.96. The van der Waals surface area contributed by atoms with E-state index in [0.29, 0.717) is 6.04 Å². The van der Waals surface area contributed by atoms with E-state index in [2.05, 4.69) is 43.6 Å². The average molecular weight is 308 g/mol. The van der Waals surface area contributed by atoms with Crippen molar-refractivity contribution in [3.63, 3.8) is 0 Å². The summed E-state index contributed by atoms with van der Waals surface area (Å²) in [5, 5.41) is 4.29. The van der Waals surface area contributed by atoms with Gasteiger partial charge in [0.1, 0.15) is 5.82 Å². The Bertz CT molecular complexity index is 762. The van der Waals surface area contributed by atoms with E-state index in [9.17, 15) is 0 Å². The molecule has 23 heavy (non-hydrogen) atoms. The molecule has 118 valence electrons. The summed E-state index contributed by atoms with van der Waals surface area (Å²) in [6, 6.07) is 6.42. The maximum atomic E-state index is 4.68. The molecule has 0 saturated heterocycles. The molecule has 1 aliphatic rings. The zero-order valence-electron chi connectivity index (χ0n) is 13.2. The van der Waals surface area contributed by atoms with Gasteiger partial charge in [-0.3, -0.25) is 14.6 Å². The highest BCUT2D eigenvalue weighted by molar-refractivity contribution is 5.14. The first-order chi connectivity index (χ1) is 11.3. The lowest BCUT2D eigenvalue weighted by Gasteiger charge is -2.34. The highest BCUT2D eigenvalue weighted by Gasteiger charge is 2.26. The van der Waals surface area contributed by atoms with Crippen molar-refractivity contribution in [3.05, 3.63) is 66.3 Å². The Morgan fingerprint density at radius 2 is 2.00 bits per heavy atom. The summed E-state index contributed by atoms with van der Waals surface area (Å²) in [5.41, 5.74) is 2.52. The van der Waals surface area contributed by atoms with Crippen LogP contribution in [0.5, 0.6) is 0 Å². The van der Waals surface area contributed by atoms with Crippen molar-refractivity contribution >= 4 is 0 Å². The summed E-state index contributed by atoms with van der Waals surface area (Å²) < 4.78 is 4.29. The molecule has 3 aromatic rings. The number of hydrogen-bond donors (Lipinski definition) is 0. The molecule has 1 aliphatic heterocycles. The maximum absolute atomic E-state index is 4.68. The molecule has 0 amide bonds.